The Morgan fingerprint density at radius 3 is 3.04 bits per heavy atom. The number of ether oxygens (including phenoxy) is 1. The van der Waals surface area contributed by atoms with Crippen LogP contribution in [0, 0.1) is 0 Å². The normalized spacial score (nSPS) is 24.7. The summed E-state index contributed by atoms with van der Waals surface area (Å²) in [4.78, 5) is 26.9. The largest absolute Gasteiger partial charge is 0.394 e. The summed E-state index contributed by atoms with van der Waals surface area (Å²) in [7, 11) is 0. The van der Waals surface area contributed by atoms with Crippen molar-refractivity contribution >= 4 is 28.0 Å². The molecule has 1 saturated heterocycles. The number of H-pyrrole nitrogens is 1. The fraction of sp³-hybridized carbons (Fsp3) is 0.385. The molecule has 10 heteroatoms. The number of aromatic nitrogens is 5. The van der Waals surface area contributed by atoms with Gasteiger partial charge >= 0.3 is 0 Å². The van der Waals surface area contributed by atoms with E-state index in [9.17, 15) is 15.0 Å². The van der Waals surface area contributed by atoms with Gasteiger partial charge in [0.05, 0.1) is 29.9 Å². The van der Waals surface area contributed by atoms with Crippen molar-refractivity contribution in [3.05, 3.63) is 22.9 Å². The van der Waals surface area contributed by atoms with Gasteiger partial charge in [-0.1, -0.05) is 0 Å². The summed E-state index contributed by atoms with van der Waals surface area (Å²) in [6.07, 6.45) is 1.24. The Labute approximate surface area is 128 Å². The molecule has 0 bridgehead atoms. The van der Waals surface area contributed by atoms with Crippen LogP contribution in [-0.2, 0) is 4.74 Å². The smallest absolute Gasteiger partial charge is 0.277 e. The first-order valence-electron chi connectivity index (χ1n) is 7.04. The van der Waals surface area contributed by atoms with Crippen LogP contribution in [0.5, 0.6) is 0 Å². The van der Waals surface area contributed by atoms with Gasteiger partial charge < -0.3 is 30.2 Å². The Kier molecular flexibility index (Phi) is 3.04. The van der Waals surface area contributed by atoms with Gasteiger partial charge in [0.25, 0.3) is 5.56 Å². The lowest BCUT2D eigenvalue weighted by atomic mass is 10.2. The van der Waals surface area contributed by atoms with Gasteiger partial charge in [0.15, 0.2) is 5.52 Å². The molecule has 10 nitrogen and oxygen atoms in total. The highest BCUT2D eigenvalue weighted by molar-refractivity contribution is 6.00. The summed E-state index contributed by atoms with van der Waals surface area (Å²) >= 11 is 0. The molecular weight excluding hydrogens is 304 g/mol. The van der Waals surface area contributed by atoms with E-state index in [2.05, 4.69) is 19.9 Å². The van der Waals surface area contributed by atoms with Crippen molar-refractivity contribution in [2.24, 2.45) is 0 Å². The first kappa shape index (κ1) is 14.1. The Bertz CT molecular complexity index is 951. The number of anilines is 1. The molecule has 1 aliphatic rings. The molecule has 0 spiro atoms. The highest BCUT2D eigenvalue weighted by Gasteiger charge is 2.35. The minimum atomic E-state index is -0.789. The summed E-state index contributed by atoms with van der Waals surface area (Å²) < 4.78 is 7.28. The monoisotopic (exact) mass is 318 g/mol. The van der Waals surface area contributed by atoms with E-state index in [1.54, 1.807) is 4.57 Å². The van der Waals surface area contributed by atoms with Gasteiger partial charge in [-0.3, -0.25) is 4.79 Å². The van der Waals surface area contributed by atoms with Crippen molar-refractivity contribution in [2.45, 2.75) is 24.9 Å². The van der Waals surface area contributed by atoms with Crippen molar-refractivity contribution in [3.63, 3.8) is 0 Å². The second-order valence-corrected chi connectivity index (χ2v) is 5.41. The Morgan fingerprint density at radius 1 is 1.48 bits per heavy atom. The number of fused-ring (bicyclic) bond motifs is 3. The fourth-order valence-electron chi connectivity index (χ4n) is 2.89. The van der Waals surface area contributed by atoms with E-state index in [0.29, 0.717) is 16.6 Å². The number of nitrogens with one attached hydrogen (secondary N) is 1. The number of hydrogen-bond donors (Lipinski definition) is 4. The predicted molar refractivity (Wildman–Crippen MR) is 79.5 cm³/mol. The maximum absolute atomic E-state index is 12.2. The number of hydrogen-bond acceptors (Lipinski definition) is 8. The van der Waals surface area contributed by atoms with Gasteiger partial charge in [-0.25, -0.2) is 9.97 Å². The van der Waals surface area contributed by atoms with Gasteiger partial charge in [-0.05, 0) is 0 Å². The van der Waals surface area contributed by atoms with E-state index in [1.807, 2.05) is 0 Å². The van der Waals surface area contributed by atoms with E-state index in [4.69, 9.17) is 10.5 Å². The maximum atomic E-state index is 12.2. The van der Waals surface area contributed by atoms with Crippen LogP contribution in [0.1, 0.15) is 12.6 Å². The van der Waals surface area contributed by atoms with Crippen LogP contribution in [0.4, 0.5) is 5.95 Å². The molecule has 0 aliphatic carbocycles. The number of aliphatic hydroxyl groups is 2. The molecule has 1 fully saturated rings. The number of aromatic amines is 1. The zero-order valence-electron chi connectivity index (χ0n) is 11.9. The molecule has 4 rings (SSSR count). The number of aliphatic hydroxyl groups excluding tert-OH is 2. The molecule has 0 radical (unpaired) electrons. The number of nitrogen functional groups attached to an aromatic ring is 1. The first-order valence-corrected chi connectivity index (χ1v) is 7.04. The van der Waals surface area contributed by atoms with Crippen molar-refractivity contribution < 1.29 is 14.9 Å². The van der Waals surface area contributed by atoms with Gasteiger partial charge in [-0.15, -0.1) is 0 Å². The second-order valence-electron chi connectivity index (χ2n) is 5.41. The molecule has 3 aromatic heterocycles. The van der Waals surface area contributed by atoms with Crippen molar-refractivity contribution in [3.8, 4) is 0 Å². The first-order chi connectivity index (χ1) is 11.1. The van der Waals surface area contributed by atoms with Crippen LogP contribution in [0.25, 0.3) is 22.1 Å². The highest BCUT2D eigenvalue weighted by atomic mass is 16.5. The Balaban J connectivity index is 1.95. The molecule has 5 N–H and O–H groups in total. The van der Waals surface area contributed by atoms with Crippen LogP contribution in [-0.4, -0.2) is 53.5 Å². The lowest BCUT2D eigenvalue weighted by Gasteiger charge is -2.14. The number of pyridine rings is 1. The zero-order valence-corrected chi connectivity index (χ0v) is 11.9. The summed E-state index contributed by atoms with van der Waals surface area (Å²) in [6.45, 7) is -0.286. The van der Waals surface area contributed by atoms with Crippen LogP contribution in [0.15, 0.2) is 17.3 Å². The van der Waals surface area contributed by atoms with Crippen LogP contribution in [0.2, 0.25) is 0 Å². The molecule has 3 atom stereocenters. The third kappa shape index (κ3) is 2.07. The number of nitrogens with zero attached hydrogens (tertiary/aromatic N) is 4. The number of nitrogens with two attached hydrogens (primary N) is 1. The summed E-state index contributed by atoms with van der Waals surface area (Å²) in [5.41, 5.74) is 6.17. The van der Waals surface area contributed by atoms with Crippen LogP contribution >= 0.6 is 0 Å². The minimum absolute atomic E-state index is 0.0476. The van der Waals surface area contributed by atoms with Crippen molar-refractivity contribution in [1.82, 2.24) is 24.5 Å². The third-order valence-corrected chi connectivity index (χ3v) is 4.00. The van der Waals surface area contributed by atoms with Crippen molar-refractivity contribution in [1.29, 1.82) is 0 Å². The SMILES string of the molecule is Nc1ncc2c(n1)[nH]c(=O)c1ncn([C@H]3C[C@H](O)[C@@H](CO)O3)c12. The zero-order chi connectivity index (χ0) is 16.1. The average molecular weight is 318 g/mol. The highest BCUT2D eigenvalue weighted by Crippen LogP contribution is 2.32. The minimum Gasteiger partial charge on any atom is -0.394 e. The quantitative estimate of drug-likeness (QED) is 0.464. The summed E-state index contributed by atoms with van der Waals surface area (Å²) in [6, 6.07) is 0. The van der Waals surface area contributed by atoms with E-state index in [-0.39, 0.29) is 24.5 Å². The van der Waals surface area contributed by atoms with Crippen molar-refractivity contribution in [2.75, 3.05) is 12.3 Å². The van der Waals surface area contributed by atoms with E-state index >= 15 is 0 Å². The second kappa shape index (κ2) is 4.98. The van der Waals surface area contributed by atoms with Gasteiger partial charge in [-0.2, -0.15) is 4.98 Å². The van der Waals surface area contributed by atoms with E-state index in [1.165, 1.54) is 12.5 Å². The number of rotatable bonds is 2. The van der Waals surface area contributed by atoms with Crippen LogP contribution < -0.4 is 11.3 Å². The molecule has 0 unspecified atom stereocenters. The standard InChI is InChI=1S/C13H14N6O4/c14-13-15-2-5-10-9(12(22)17-11(5)18-13)16-4-19(10)8-1-6(21)7(3-20)23-8/h2,4,6-8,20-21H,1,3H2,(H3,14,15,17,18,22)/t6-,7+,8+/m0/s1. The molecule has 0 saturated carbocycles. The molecule has 4 heterocycles. The average Bonchev–Trinajstić information content (AvgIpc) is 3.11. The van der Waals surface area contributed by atoms with Crippen LogP contribution in [0.3, 0.4) is 0 Å². The van der Waals surface area contributed by atoms with Gasteiger partial charge in [0, 0.05) is 12.6 Å². The lowest BCUT2D eigenvalue weighted by Crippen LogP contribution is -2.24. The molecule has 23 heavy (non-hydrogen) atoms. The molecule has 3 aromatic rings. The maximum Gasteiger partial charge on any atom is 0.277 e. The third-order valence-electron chi connectivity index (χ3n) is 4.00. The lowest BCUT2D eigenvalue weighted by molar-refractivity contribution is -0.0430. The molecule has 1 aliphatic heterocycles. The number of imidazole rings is 1. The Morgan fingerprint density at radius 2 is 2.30 bits per heavy atom. The molecule has 0 amide bonds. The van der Waals surface area contributed by atoms with E-state index in [0.717, 1.165) is 0 Å². The summed E-state index contributed by atoms with van der Waals surface area (Å²) in [5, 5.41) is 19.7. The van der Waals surface area contributed by atoms with Gasteiger partial charge in [0.1, 0.15) is 18.0 Å². The molecule has 0 aromatic carbocycles. The summed E-state index contributed by atoms with van der Waals surface area (Å²) in [5.74, 6) is 0.0476. The predicted octanol–water partition coefficient (Wildman–Crippen LogP) is -1.11. The Hall–Kier alpha value is -2.56. The fourth-order valence-corrected chi connectivity index (χ4v) is 2.89. The van der Waals surface area contributed by atoms with Gasteiger partial charge in [0.2, 0.25) is 5.95 Å². The molecule has 120 valence electrons. The molecular formula is C13H14N6O4. The topological polar surface area (TPSA) is 152 Å². The van der Waals surface area contributed by atoms with E-state index < -0.39 is 24.0 Å².